The Balaban J connectivity index is 1.59. The molecule has 4 rings (SSSR count). The van der Waals surface area contributed by atoms with Gasteiger partial charge in [-0.15, -0.1) is 0 Å². The zero-order chi connectivity index (χ0) is 31.7. The van der Waals surface area contributed by atoms with Crippen molar-refractivity contribution in [2.75, 3.05) is 29.3 Å². The Morgan fingerprint density at radius 1 is 0.727 bits per heavy atom. The summed E-state index contributed by atoms with van der Waals surface area (Å²) in [6.45, 7) is 3.86. The second-order valence-corrected chi connectivity index (χ2v) is 13.3. The molecule has 1 amide bonds. The maximum atomic E-state index is 13.2. The molecule has 1 aliphatic rings. The van der Waals surface area contributed by atoms with Crippen LogP contribution < -0.4 is 24.2 Å². The lowest BCUT2D eigenvalue weighted by Gasteiger charge is -2.15. The fourth-order valence-electron chi connectivity index (χ4n) is 4.61. The first-order valence-electron chi connectivity index (χ1n) is 14.1. The van der Waals surface area contributed by atoms with E-state index in [1.807, 2.05) is 0 Å². The summed E-state index contributed by atoms with van der Waals surface area (Å²) in [6, 6.07) is 15.0. The number of hydrogen-bond donors (Lipinski definition) is 3. The molecule has 3 N–H and O–H groups in total. The van der Waals surface area contributed by atoms with Gasteiger partial charge in [0.2, 0.25) is 0 Å². The zero-order valence-electron chi connectivity index (χ0n) is 24.4. The highest BCUT2D eigenvalue weighted by atomic mass is 32.2. The molecule has 14 heteroatoms. The van der Waals surface area contributed by atoms with Gasteiger partial charge in [0.05, 0.1) is 39.9 Å². The second kappa shape index (κ2) is 14.4. The molecule has 0 saturated heterocycles. The Bertz CT molecular complexity index is 1570. The van der Waals surface area contributed by atoms with Gasteiger partial charge in [-0.3, -0.25) is 14.2 Å². The molecule has 0 aliphatic heterocycles. The van der Waals surface area contributed by atoms with E-state index in [0.717, 1.165) is 25.7 Å². The smallest absolute Gasteiger partial charge is 0.338 e. The van der Waals surface area contributed by atoms with Crippen LogP contribution in [-0.2, 0) is 29.6 Å². The van der Waals surface area contributed by atoms with Gasteiger partial charge in [-0.05, 0) is 93.4 Å². The molecule has 12 nitrogen and oxygen atoms in total. The standard InChI is InChI=1S/C30H35N3O9S2/c1-3-40-25-9-13-27(14-10-25)43(36,37)32-23-17-21(30(35)42-20-29(34)31-22-7-5-6-8-22)18-24(19-23)33-44(38,39)28-15-11-26(12-16-28)41-4-2/h9-19,22,32-33H,3-8,20H2,1-2H3,(H,31,34). The van der Waals surface area contributed by atoms with E-state index < -0.39 is 38.5 Å². The van der Waals surface area contributed by atoms with E-state index in [9.17, 15) is 26.4 Å². The van der Waals surface area contributed by atoms with Crippen molar-refractivity contribution < 1.29 is 40.6 Å². The largest absolute Gasteiger partial charge is 0.494 e. The molecule has 0 atom stereocenters. The van der Waals surface area contributed by atoms with Gasteiger partial charge in [0.15, 0.2) is 6.61 Å². The lowest BCUT2D eigenvalue weighted by Crippen LogP contribution is -2.35. The fraction of sp³-hybridized carbons (Fsp3) is 0.333. The zero-order valence-corrected chi connectivity index (χ0v) is 26.0. The van der Waals surface area contributed by atoms with Crippen molar-refractivity contribution in [3.63, 3.8) is 0 Å². The number of anilines is 2. The minimum atomic E-state index is -4.16. The summed E-state index contributed by atoms with van der Waals surface area (Å²) in [6.07, 6.45) is 3.74. The maximum Gasteiger partial charge on any atom is 0.338 e. The van der Waals surface area contributed by atoms with E-state index in [4.69, 9.17) is 14.2 Å². The first-order chi connectivity index (χ1) is 21.0. The van der Waals surface area contributed by atoms with Crippen LogP contribution in [0.25, 0.3) is 0 Å². The van der Waals surface area contributed by atoms with E-state index >= 15 is 0 Å². The minimum absolute atomic E-state index is 0.0325. The monoisotopic (exact) mass is 645 g/mol. The SMILES string of the molecule is CCOc1ccc(S(=O)(=O)Nc2cc(NS(=O)(=O)c3ccc(OCC)cc3)cc(C(=O)OCC(=O)NC3CCCC3)c2)cc1. The highest BCUT2D eigenvalue weighted by Gasteiger charge is 2.22. The molecule has 3 aromatic carbocycles. The van der Waals surface area contributed by atoms with Crippen LogP contribution in [0.1, 0.15) is 49.9 Å². The average molecular weight is 646 g/mol. The molecule has 236 valence electrons. The lowest BCUT2D eigenvalue weighted by molar-refractivity contribution is -0.124. The molecular weight excluding hydrogens is 610 g/mol. The molecule has 0 unspecified atom stereocenters. The molecule has 1 fully saturated rings. The number of benzene rings is 3. The molecule has 1 saturated carbocycles. The summed E-state index contributed by atoms with van der Waals surface area (Å²) in [5, 5.41) is 2.81. The first-order valence-corrected chi connectivity index (χ1v) is 17.1. The second-order valence-electron chi connectivity index (χ2n) is 9.94. The number of ether oxygens (including phenoxy) is 3. The minimum Gasteiger partial charge on any atom is -0.494 e. The predicted molar refractivity (Wildman–Crippen MR) is 164 cm³/mol. The molecule has 0 heterocycles. The van der Waals surface area contributed by atoms with E-state index in [-0.39, 0.29) is 32.8 Å². The third-order valence-corrected chi connectivity index (χ3v) is 9.41. The van der Waals surface area contributed by atoms with Crippen LogP contribution in [0.3, 0.4) is 0 Å². The van der Waals surface area contributed by atoms with E-state index in [1.165, 1.54) is 66.7 Å². The first kappa shape index (κ1) is 32.6. The van der Waals surface area contributed by atoms with E-state index in [1.54, 1.807) is 13.8 Å². The third kappa shape index (κ3) is 8.86. The molecule has 1 aliphatic carbocycles. The maximum absolute atomic E-state index is 13.2. The van der Waals surface area contributed by atoms with Crippen LogP contribution in [0.4, 0.5) is 11.4 Å². The summed E-state index contributed by atoms with van der Waals surface area (Å²) in [7, 11) is -8.32. The van der Waals surface area contributed by atoms with Crippen LogP contribution in [0, 0.1) is 0 Å². The summed E-state index contributed by atoms with van der Waals surface area (Å²) in [5.74, 6) is -0.442. The van der Waals surface area contributed by atoms with Crippen molar-refractivity contribution in [3.05, 3.63) is 72.3 Å². The molecular formula is C30H35N3O9S2. The normalized spacial score (nSPS) is 13.6. The topological polar surface area (TPSA) is 166 Å². The van der Waals surface area contributed by atoms with Crippen molar-refractivity contribution >= 4 is 43.3 Å². The molecule has 0 radical (unpaired) electrons. The van der Waals surface area contributed by atoms with Gasteiger partial charge in [0.25, 0.3) is 26.0 Å². The number of esters is 1. The number of hydrogen-bond acceptors (Lipinski definition) is 9. The number of carbonyl (C=O) groups excluding carboxylic acids is 2. The van der Waals surface area contributed by atoms with Gasteiger partial charge in [-0.2, -0.15) is 0 Å². The number of carbonyl (C=O) groups is 2. The van der Waals surface area contributed by atoms with Gasteiger partial charge >= 0.3 is 5.97 Å². The van der Waals surface area contributed by atoms with Crippen molar-refractivity contribution in [2.45, 2.75) is 55.4 Å². The Kier molecular flexibility index (Phi) is 10.7. The number of nitrogens with one attached hydrogen (secondary N) is 3. The lowest BCUT2D eigenvalue weighted by atomic mass is 10.2. The average Bonchev–Trinajstić information content (AvgIpc) is 3.49. The highest BCUT2D eigenvalue weighted by Crippen LogP contribution is 2.27. The fourth-order valence-corrected chi connectivity index (χ4v) is 6.69. The van der Waals surface area contributed by atoms with Gasteiger partial charge in [0, 0.05) is 6.04 Å². The van der Waals surface area contributed by atoms with E-state index in [0.29, 0.717) is 24.7 Å². The Hall–Kier alpha value is -4.30. The van der Waals surface area contributed by atoms with Gasteiger partial charge in [-0.1, -0.05) is 12.8 Å². The van der Waals surface area contributed by atoms with Gasteiger partial charge < -0.3 is 19.5 Å². The molecule has 0 aromatic heterocycles. The van der Waals surface area contributed by atoms with Gasteiger partial charge in [0.1, 0.15) is 11.5 Å². The Morgan fingerprint density at radius 3 is 1.61 bits per heavy atom. The molecule has 44 heavy (non-hydrogen) atoms. The highest BCUT2D eigenvalue weighted by molar-refractivity contribution is 7.93. The van der Waals surface area contributed by atoms with Crippen LogP contribution in [0.5, 0.6) is 11.5 Å². The van der Waals surface area contributed by atoms with Crippen molar-refractivity contribution in [2.24, 2.45) is 0 Å². The quantitative estimate of drug-likeness (QED) is 0.217. The van der Waals surface area contributed by atoms with Crippen LogP contribution in [0.2, 0.25) is 0 Å². The summed E-state index contributed by atoms with van der Waals surface area (Å²) in [5.41, 5.74) is -0.420. The molecule has 3 aromatic rings. The van der Waals surface area contributed by atoms with Crippen molar-refractivity contribution in [1.29, 1.82) is 0 Å². The molecule has 0 spiro atoms. The van der Waals surface area contributed by atoms with Crippen molar-refractivity contribution in [1.82, 2.24) is 5.32 Å². The number of amides is 1. The Morgan fingerprint density at radius 2 is 1.18 bits per heavy atom. The van der Waals surface area contributed by atoms with Crippen LogP contribution in [0.15, 0.2) is 76.5 Å². The van der Waals surface area contributed by atoms with Crippen LogP contribution in [-0.4, -0.2) is 54.6 Å². The van der Waals surface area contributed by atoms with Gasteiger partial charge in [-0.25, -0.2) is 21.6 Å². The summed E-state index contributed by atoms with van der Waals surface area (Å²) < 4.78 is 73.3. The number of sulfonamides is 2. The van der Waals surface area contributed by atoms with Crippen molar-refractivity contribution in [3.8, 4) is 11.5 Å². The number of rotatable bonds is 14. The summed E-state index contributed by atoms with van der Waals surface area (Å²) >= 11 is 0. The Labute approximate surface area is 257 Å². The third-order valence-electron chi connectivity index (χ3n) is 6.62. The van der Waals surface area contributed by atoms with Crippen LogP contribution >= 0.6 is 0 Å². The molecule has 0 bridgehead atoms. The van der Waals surface area contributed by atoms with E-state index in [2.05, 4.69) is 14.8 Å². The predicted octanol–water partition coefficient (Wildman–Crippen LogP) is 4.30. The summed E-state index contributed by atoms with van der Waals surface area (Å²) in [4.78, 5) is 25.1.